The van der Waals surface area contributed by atoms with Gasteiger partial charge in [0.1, 0.15) is 5.82 Å². The standard InChI is InChI=1S/C15H22N2/c1-4-6-7-8-15-16-13-11-12(3)9-10-14(13)17(15)5-2/h9-11H,4-8H2,1-3H3. The third-order valence-electron chi connectivity index (χ3n) is 3.30. The largest absolute Gasteiger partial charge is 0.328 e. The van der Waals surface area contributed by atoms with Crippen LogP contribution in [0.2, 0.25) is 0 Å². The minimum atomic E-state index is 1.01. The predicted octanol–water partition coefficient (Wildman–Crippen LogP) is 4.10. The molecule has 0 N–H and O–H groups in total. The van der Waals surface area contributed by atoms with E-state index < -0.39 is 0 Å². The summed E-state index contributed by atoms with van der Waals surface area (Å²) in [7, 11) is 0. The third-order valence-corrected chi connectivity index (χ3v) is 3.30. The highest BCUT2D eigenvalue weighted by molar-refractivity contribution is 5.76. The van der Waals surface area contributed by atoms with Gasteiger partial charge in [0.2, 0.25) is 0 Å². The van der Waals surface area contributed by atoms with Crippen molar-refractivity contribution in [1.82, 2.24) is 9.55 Å². The SMILES string of the molecule is CCCCCc1nc2cc(C)ccc2n1CC. The first-order valence-electron chi connectivity index (χ1n) is 6.72. The monoisotopic (exact) mass is 230 g/mol. The van der Waals surface area contributed by atoms with Gasteiger partial charge in [-0.05, 0) is 38.0 Å². The molecule has 0 bridgehead atoms. The molecule has 0 radical (unpaired) electrons. The van der Waals surface area contributed by atoms with Crippen LogP contribution in [0, 0.1) is 6.92 Å². The van der Waals surface area contributed by atoms with E-state index in [1.54, 1.807) is 0 Å². The lowest BCUT2D eigenvalue weighted by Gasteiger charge is -2.05. The van der Waals surface area contributed by atoms with Gasteiger partial charge < -0.3 is 4.57 Å². The number of imidazole rings is 1. The van der Waals surface area contributed by atoms with Crippen molar-refractivity contribution in [3.8, 4) is 0 Å². The first-order valence-corrected chi connectivity index (χ1v) is 6.72. The Hall–Kier alpha value is -1.31. The van der Waals surface area contributed by atoms with E-state index in [1.807, 2.05) is 0 Å². The van der Waals surface area contributed by atoms with Crippen LogP contribution in [-0.4, -0.2) is 9.55 Å². The van der Waals surface area contributed by atoms with Gasteiger partial charge >= 0.3 is 0 Å². The van der Waals surface area contributed by atoms with Crippen LogP contribution < -0.4 is 0 Å². The van der Waals surface area contributed by atoms with Gasteiger partial charge in [-0.15, -0.1) is 0 Å². The van der Waals surface area contributed by atoms with Gasteiger partial charge in [-0.25, -0.2) is 4.98 Å². The molecule has 0 aliphatic heterocycles. The molecule has 2 nitrogen and oxygen atoms in total. The van der Waals surface area contributed by atoms with Gasteiger partial charge in [0.25, 0.3) is 0 Å². The number of hydrogen-bond donors (Lipinski definition) is 0. The Kier molecular flexibility index (Phi) is 3.82. The van der Waals surface area contributed by atoms with Crippen LogP contribution in [0.15, 0.2) is 18.2 Å². The normalized spacial score (nSPS) is 11.2. The van der Waals surface area contributed by atoms with Crippen LogP contribution in [0.5, 0.6) is 0 Å². The topological polar surface area (TPSA) is 17.8 Å². The molecule has 0 amide bonds. The second kappa shape index (κ2) is 5.35. The zero-order chi connectivity index (χ0) is 12.3. The Morgan fingerprint density at radius 3 is 2.71 bits per heavy atom. The predicted molar refractivity (Wildman–Crippen MR) is 73.4 cm³/mol. The fraction of sp³-hybridized carbons (Fsp3) is 0.533. The Bertz CT molecular complexity index is 497. The van der Waals surface area contributed by atoms with E-state index in [2.05, 4.69) is 43.5 Å². The van der Waals surface area contributed by atoms with Crippen LogP contribution in [0.3, 0.4) is 0 Å². The molecule has 0 spiro atoms. The van der Waals surface area contributed by atoms with Crippen molar-refractivity contribution >= 4 is 11.0 Å². The maximum atomic E-state index is 4.78. The molecular formula is C15H22N2. The number of rotatable bonds is 5. The van der Waals surface area contributed by atoms with Crippen molar-refractivity contribution in [2.75, 3.05) is 0 Å². The summed E-state index contributed by atoms with van der Waals surface area (Å²) in [5.74, 6) is 1.25. The van der Waals surface area contributed by atoms with E-state index in [9.17, 15) is 0 Å². The number of hydrogen-bond acceptors (Lipinski definition) is 1. The molecule has 0 atom stereocenters. The van der Waals surface area contributed by atoms with Gasteiger partial charge in [0, 0.05) is 13.0 Å². The molecule has 2 aromatic rings. The van der Waals surface area contributed by atoms with Crippen molar-refractivity contribution < 1.29 is 0 Å². The Balaban J connectivity index is 2.34. The zero-order valence-electron chi connectivity index (χ0n) is 11.2. The highest BCUT2D eigenvalue weighted by atomic mass is 15.1. The van der Waals surface area contributed by atoms with Crippen molar-refractivity contribution in [3.05, 3.63) is 29.6 Å². The van der Waals surface area contributed by atoms with Crippen LogP contribution in [0.25, 0.3) is 11.0 Å². The highest BCUT2D eigenvalue weighted by Crippen LogP contribution is 2.19. The van der Waals surface area contributed by atoms with Crippen LogP contribution in [0.1, 0.15) is 44.5 Å². The fourth-order valence-electron chi connectivity index (χ4n) is 2.37. The van der Waals surface area contributed by atoms with Gasteiger partial charge in [-0.2, -0.15) is 0 Å². The summed E-state index contributed by atoms with van der Waals surface area (Å²) >= 11 is 0. The van der Waals surface area contributed by atoms with E-state index in [1.165, 1.54) is 36.2 Å². The molecule has 1 aromatic heterocycles. The van der Waals surface area contributed by atoms with E-state index >= 15 is 0 Å². The van der Waals surface area contributed by atoms with Gasteiger partial charge in [-0.3, -0.25) is 0 Å². The number of nitrogens with zero attached hydrogens (tertiary/aromatic N) is 2. The summed E-state index contributed by atoms with van der Waals surface area (Å²) in [6.07, 6.45) is 4.92. The van der Waals surface area contributed by atoms with Crippen LogP contribution in [0.4, 0.5) is 0 Å². The summed E-state index contributed by atoms with van der Waals surface area (Å²) < 4.78 is 2.35. The first kappa shape index (κ1) is 12.2. The molecule has 1 aromatic carbocycles. The average molecular weight is 230 g/mol. The van der Waals surface area contributed by atoms with E-state index in [0.717, 1.165) is 18.5 Å². The minimum Gasteiger partial charge on any atom is -0.328 e. The smallest absolute Gasteiger partial charge is 0.109 e. The number of benzene rings is 1. The maximum Gasteiger partial charge on any atom is 0.109 e. The second-order valence-electron chi connectivity index (χ2n) is 4.72. The fourth-order valence-corrected chi connectivity index (χ4v) is 2.37. The van der Waals surface area contributed by atoms with Gasteiger partial charge in [0.05, 0.1) is 11.0 Å². The molecule has 0 unspecified atom stereocenters. The minimum absolute atomic E-state index is 1.01. The third kappa shape index (κ3) is 2.51. The maximum absolute atomic E-state index is 4.78. The van der Waals surface area contributed by atoms with E-state index in [0.29, 0.717) is 0 Å². The van der Waals surface area contributed by atoms with Crippen molar-refractivity contribution in [1.29, 1.82) is 0 Å². The molecule has 0 saturated carbocycles. The molecule has 0 fully saturated rings. The molecular weight excluding hydrogens is 208 g/mol. The Labute approximate surface area is 104 Å². The Morgan fingerprint density at radius 1 is 1.18 bits per heavy atom. The van der Waals surface area contributed by atoms with Gasteiger partial charge in [0.15, 0.2) is 0 Å². The van der Waals surface area contributed by atoms with Crippen LogP contribution >= 0.6 is 0 Å². The number of aromatic nitrogens is 2. The van der Waals surface area contributed by atoms with Crippen molar-refractivity contribution in [3.63, 3.8) is 0 Å². The van der Waals surface area contributed by atoms with Crippen LogP contribution in [-0.2, 0) is 13.0 Å². The summed E-state index contributed by atoms with van der Waals surface area (Å²) in [6, 6.07) is 6.56. The van der Waals surface area contributed by atoms with Crippen molar-refractivity contribution in [2.45, 2.75) is 53.0 Å². The lowest BCUT2D eigenvalue weighted by atomic mass is 10.2. The lowest BCUT2D eigenvalue weighted by molar-refractivity contribution is 0.650. The van der Waals surface area contributed by atoms with Crippen molar-refractivity contribution in [2.24, 2.45) is 0 Å². The number of fused-ring (bicyclic) bond motifs is 1. The summed E-state index contributed by atoms with van der Waals surface area (Å²) in [5, 5.41) is 0. The second-order valence-corrected chi connectivity index (χ2v) is 4.72. The molecule has 0 aliphatic carbocycles. The molecule has 0 saturated heterocycles. The molecule has 17 heavy (non-hydrogen) atoms. The quantitative estimate of drug-likeness (QED) is 0.707. The van der Waals surface area contributed by atoms with Gasteiger partial charge in [-0.1, -0.05) is 25.8 Å². The zero-order valence-corrected chi connectivity index (χ0v) is 11.2. The molecule has 2 rings (SSSR count). The van der Waals surface area contributed by atoms with E-state index in [4.69, 9.17) is 4.98 Å². The number of unbranched alkanes of at least 4 members (excludes halogenated alkanes) is 2. The molecule has 1 heterocycles. The molecule has 92 valence electrons. The molecule has 0 aliphatic rings. The average Bonchev–Trinajstić information content (AvgIpc) is 2.66. The Morgan fingerprint density at radius 2 is 2.00 bits per heavy atom. The summed E-state index contributed by atoms with van der Waals surface area (Å²) in [6.45, 7) is 7.58. The first-order chi connectivity index (χ1) is 8.26. The lowest BCUT2D eigenvalue weighted by Crippen LogP contribution is -2.01. The summed E-state index contributed by atoms with van der Waals surface area (Å²) in [5.41, 5.74) is 3.72. The highest BCUT2D eigenvalue weighted by Gasteiger charge is 2.08. The summed E-state index contributed by atoms with van der Waals surface area (Å²) in [4.78, 5) is 4.78. The van der Waals surface area contributed by atoms with E-state index in [-0.39, 0.29) is 0 Å². The molecule has 2 heteroatoms. The number of aryl methyl sites for hydroxylation is 3.